The second-order valence-electron chi connectivity index (χ2n) is 6.18. The van der Waals surface area contributed by atoms with Gasteiger partial charge in [-0.25, -0.2) is 4.98 Å². The number of hydrogen-bond acceptors (Lipinski definition) is 6. The molecule has 8 nitrogen and oxygen atoms in total. The number of carbonyl (C=O) groups excluding carboxylic acids is 2. The first-order valence-electron chi connectivity index (χ1n) is 8.10. The van der Waals surface area contributed by atoms with Gasteiger partial charge in [-0.15, -0.1) is 11.3 Å². The van der Waals surface area contributed by atoms with Gasteiger partial charge in [0.1, 0.15) is 11.4 Å². The summed E-state index contributed by atoms with van der Waals surface area (Å²) in [5.74, 6) is -0.242. The van der Waals surface area contributed by atoms with Gasteiger partial charge in [-0.3, -0.25) is 14.3 Å². The fourth-order valence-electron chi connectivity index (χ4n) is 2.79. The second-order valence-corrected chi connectivity index (χ2v) is 7.42. The van der Waals surface area contributed by atoms with Gasteiger partial charge in [0.25, 0.3) is 5.91 Å². The molecule has 134 valence electrons. The van der Waals surface area contributed by atoms with E-state index in [-0.39, 0.29) is 30.6 Å². The summed E-state index contributed by atoms with van der Waals surface area (Å²) in [7, 11) is 0. The molecule has 2 atom stereocenters. The molecule has 3 rings (SSSR count). The summed E-state index contributed by atoms with van der Waals surface area (Å²) in [4.78, 5) is 30.9. The Morgan fingerprint density at radius 2 is 2.04 bits per heavy atom. The van der Waals surface area contributed by atoms with E-state index in [9.17, 15) is 9.59 Å². The predicted molar refractivity (Wildman–Crippen MR) is 93.6 cm³/mol. The summed E-state index contributed by atoms with van der Waals surface area (Å²) >= 11 is 1.33. The number of nitrogens with zero attached hydrogens (tertiary/aromatic N) is 4. The fraction of sp³-hybridized carbons (Fsp3) is 0.500. The number of aryl methyl sites for hydroxylation is 1. The topological polar surface area (TPSA) is 89.3 Å². The highest BCUT2D eigenvalue weighted by Crippen LogP contribution is 2.15. The zero-order valence-electron chi connectivity index (χ0n) is 14.4. The van der Waals surface area contributed by atoms with Crippen molar-refractivity contribution in [1.82, 2.24) is 19.7 Å². The van der Waals surface area contributed by atoms with Gasteiger partial charge >= 0.3 is 0 Å². The Hall–Kier alpha value is -2.26. The van der Waals surface area contributed by atoms with E-state index in [1.54, 1.807) is 17.3 Å². The van der Waals surface area contributed by atoms with E-state index in [1.807, 2.05) is 20.8 Å². The molecule has 1 fully saturated rings. The van der Waals surface area contributed by atoms with Crippen LogP contribution < -0.4 is 5.32 Å². The zero-order valence-corrected chi connectivity index (χ0v) is 15.2. The van der Waals surface area contributed by atoms with Gasteiger partial charge in [0.05, 0.1) is 35.3 Å². The first-order valence-corrected chi connectivity index (χ1v) is 8.92. The number of rotatable bonds is 4. The number of hydrogen-bond donors (Lipinski definition) is 1. The quantitative estimate of drug-likeness (QED) is 0.890. The number of carbonyl (C=O) groups is 2. The molecular weight excluding hydrogens is 342 g/mol. The van der Waals surface area contributed by atoms with E-state index in [0.29, 0.717) is 23.7 Å². The molecule has 2 aromatic rings. The fourth-order valence-corrected chi connectivity index (χ4v) is 3.47. The molecule has 0 radical (unpaired) electrons. The molecule has 2 amide bonds. The summed E-state index contributed by atoms with van der Waals surface area (Å²) in [6, 6.07) is 0. The van der Waals surface area contributed by atoms with Crippen LogP contribution in [0.3, 0.4) is 0 Å². The molecule has 0 bridgehead atoms. The van der Waals surface area contributed by atoms with E-state index in [0.717, 1.165) is 5.01 Å². The number of amides is 2. The van der Waals surface area contributed by atoms with E-state index in [4.69, 9.17) is 4.74 Å². The van der Waals surface area contributed by atoms with Crippen LogP contribution in [0.2, 0.25) is 0 Å². The van der Waals surface area contributed by atoms with Crippen LogP contribution in [0.15, 0.2) is 18.6 Å². The van der Waals surface area contributed by atoms with Crippen molar-refractivity contribution in [2.24, 2.45) is 0 Å². The average molecular weight is 363 g/mol. The second kappa shape index (κ2) is 7.32. The van der Waals surface area contributed by atoms with Crippen LogP contribution >= 0.6 is 11.3 Å². The molecule has 1 N–H and O–H groups in total. The van der Waals surface area contributed by atoms with Crippen LogP contribution in [-0.4, -0.2) is 56.8 Å². The smallest absolute Gasteiger partial charge is 0.267 e. The van der Waals surface area contributed by atoms with Gasteiger partial charge in [-0.05, 0) is 20.8 Å². The van der Waals surface area contributed by atoms with Gasteiger partial charge in [0.15, 0.2) is 0 Å². The molecule has 25 heavy (non-hydrogen) atoms. The summed E-state index contributed by atoms with van der Waals surface area (Å²) < 4.78 is 7.17. The van der Waals surface area contributed by atoms with Crippen molar-refractivity contribution in [3.8, 4) is 0 Å². The molecule has 2 aromatic heterocycles. The van der Waals surface area contributed by atoms with Gasteiger partial charge in [0, 0.05) is 19.3 Å². The van der Waals surface area contributed by atoms with Gasteiger partial charge in [-0.2, -0.15) is 5.10 Å². The highest BCUT2D eigenvalue weighted by atomic mass is 32.1. The average Bonchev–Trinajstić information content (AvgIpc) is 3.15. The van der Waals surface area contributed by atoms with Crippen molar-refractivity contribution < 1.29 is 14.3 Å². The highest BCUT2D eigenvalue weighted by molar-refractivity contribution is 7.13. The molecule has 0 unspecified atom stereocenters. The van der Waals surface area contributed by atoms with E-state index in [1.165, 1.54) is 22.2 Å². The van der Waals surface area contributed by atoms with Gasteiger partial charge in [-0.1, -0.05) is 0 Å². The lowest BCUT2D eigenvalue weighted by atomic mass is 10.2. The lowest BCUT2D eigenvalue weighted by Crippen LogP contribution is -2.49. The molecule has 1 aliphatic heterocycles. The molecular formula is C16H21N5O3S. The monoisotopic (exact) mass is 363 g/mol. The maximum atomic E-state index is 12.4. The van der Waals surface area contributed by atoms with E-state index in [2.05, 4.69) is 15.4 Å². The van der Waals surface area contributed by atoms with Gasteiger partial charge < -0.3 is 15.0 Å². The third-order valence-electron chi connectivity index (χ3n) is 3.81. The Kier molecular flexibility index (Phi) is 5.14. The number of anilines is 1. The van der Waals surface area contributed by atoms with Crippen LogP contribution in [0, 0.1) is 6.92 Å². The van der Waals surface area contributed by atoms with E-state index < -0.39 is 0 Å². The molecule has 9 heteroatoms. The summed E-state index contributed by atoms with van der Waals surface area (Å²) in [6.07, 6.45) is 4.79. The summed E-state index contributed by atoms with van der Waals surface area (Å²) in [5.41, 5.74) is 0.549. The van der Waals surface area contributed by atoms with Crippen LogP contribution in [-0.2, 0) is 16.1 Å². The zero-order chi connectivity index (χ0) is 18.0. The maximum absolute atomic E-state index is 12.4. The highest BCUT2D eigenvalue weighted by Gasteiger charge is 2.26. The number of thiazole rings is 1. The lowest BCUT2D eigenvalue weighted by Gasteiger charge is -2.35. The van der Waals surface area contributed by atoms with Crippen molar-refractivity contribution in [3.63, 3.8) is 0 Å². The lowest BCUT2D eigenvalue weighted by molar-refractivity contribution is -0.144. The standard InChI is InChI=1S/C16H21N5O3S/c1-10-6-20(7-11(2)24-10)15(22)9-21-8-13(4-18-21)19-16(23)14-5-17-12(3)25-14/h4-5,8,10-11H,6-7,9H2,1-3H3,(H,19,23)/t10-,11+. The normalized spacial score (nSPS) is 20.5. The molecule has 3 heterocycles. The van der Waals surface area contributed by atoms with Crippen molar-refractivity contribution in [2.75, 3.05) is 18.4 Å². The number of morpholine rings is 1. The Labute approximate surface area is 149 Å². The summed E-state index contributed by atoms with van der Waals surface area (Å²) in [5, 5.41) is 7.75. The third kappa shape index (κ3) is 4.43. The molecule has 1 saturated heterocycles. The molecule has 0 aromatic carbocycles. The Bertz CT molecular complexity index is 761. The third-order valence-corrected chi connectivity index (χ3v) is 4.72. The first-order chi connectivity index (χ1) is 11.9. The largest absolute Gasteiger partial charge is 0.372 e. The Balaban J connectivity index is 1.58. The maximum Gasteiger partial charge on any atom is 0.267 e. The predicted octanol–water partition coefficient (Wildman–Crippen LogP) is 1.54. The van der Waals surface area contributed by atoms with Crippen LogP contribution in [0.1, 0.15) is 28.5 Å². The molecule has 1 aliphatic rings. The van der Waals surface area contributed by atoms with Gasteiger partial charge in [0.2, 0.25) is 5.91 Å². The minimum Gasteiger partial charge on any atom is -0.372 e. The van der Waals surface area contributed by atoms with Crippen molar-refractivity contribution in [2.45, 2.75) is 39.5 Å². The van der Waals surface area contributed by atoms with Crippen LogP contribution in [0.4, 0.5) is 5.69 Å². The van der Waals surface area contributed by atoms with Crippen LogP contribution in [0.5, 0.6) is 0 Å². The Morgan fingerprint density at radius 1 is 1.32 bits per heavy atom. The summed E-state index contributed by atoms with van der Waals surface area (Å²) in [6.45, 7) is 7.06. The number of ether oxygens (including phenoxy) is 1. The first kappa shape index (κ1) is 17.6. The minimum atomic E-state index is -0.229. The van der Waals surface area contributed by atoms with Crippen molar-refractivity contribution in [1.29, 1.82) is 0 Å². The number of aromatic nitrogens is 3. The van der Waals surface area contributed by atoms with Crippen molar-refractivity contribution >= 4 is 28.8 Å². The molecule has 0 spiro atoms. The Morgan fingerprint density at radius 3 is 2.68 bits per heavy atom. The van der Waals surface area contributed by atoms with Crippen molar-refractivity contribution in [3.05, 3.63) is 28.5 Å². The minimum absolute atomic E-state index is 0.0129. The number of nitrogens with one attached hydrogen (secondary N) is 1. The molecule has 0 saturated carbocycles. The van der Waals surface area contributed by atoms with E-state index >= 15 is 0 Å². The molecule has 0 aliphatic carbocycles. The van der Waals surface area contributed by atoms with Crippen LogP contribution in [0.25, 0.3) is 0 Å². The SMILES string of the molecule is Cc1ncc(C(=O)Nc2cnn(CC(=O)N3C[C@@H](C)O[C@@H](C)C3)c2)s1.